The van der Waals surface area contributed by atoms with Gasteiger partial charge in [0.25, 0.3) is 0 Å². The first-order chi connectivity index (χ1) is 17.8. The number of nitrogens with one attached hydrogen (secondary N) is 2. The summed E-state index contributed by atoms with van der Waals surface area (Å²) in [6.07, 6.45) is 4.64. The average Bonchev–Trinajstić information content (AvgIpc) is 3.40. The first-order valence-corrected chi connectivity index (χ1v) is 12.1. The minimum atomic E-state index is -2.91. The van der Waals surface area contributed by atoms with Crippen LogP contribution in [-0.4, -0.2) is 41.7 Å². The second-order valence-electron chi connectivity index (χ2n) is 9.99. The van der Waals surface area contributed by atoms with Crippen LogP contribution in [0.5, 0.6) is 5.75 Å². The molecular formula is C29H26F2N4O2. The molecule has 37 heavy (non-hydrogen) atoms. The molecule has 2 N–H and O–H groups in total. The standard InChI is InChI=1S/C29H26F2N4O2/c1-35(2)16-18-5-3-17(4-6-18)7-11-24-21-10-8-19(13-26(21)34-33-24)23-15-29(23)22-14-20(37-28(30)31)9-12-25(22)32-27(29)36/h3-14,23,28H,15-16H2,1-2H3,(H,32,36)(H,33,34)/t23-,29-/m0/s1. The summed E-state index contributed by atoms with van der Waals surface area (Å²) < 4.78 is 30.1. The molecule has 1 spiro atoms. The summed E-state index contributed by atoms with van der Waals surface area (Å²) in [5.41, 5.74) is 5.68. The number of aromatic nitrogens is 2. The van der Waals surface area contributed by atoms with Gasteiger partial charge in [0.15, 0.2) is 0 Å². The zero-order valence-corrected chi connectivity index (χ0v) is 20.5. The SMILES string of the molecule is CN(C)Cc1ccc(C=Cc2n[nH]c3cc([C@@H]4C[C@@]45C(=O)Nc4ccc(OC(F)F)cc45)ccc23)cc1. The number of anilines is 1. The van der Waals surface area contributed by atoms with Crippen LogP contribution >= 0.6 is 0 Å². The van der Waals surface area contributed by atoms with E-state index in [1.165, 1.54) is 11.6 Å². The number of rotatable bonds is 7. The molecule has 0 saturated heterocycles. The Balaban J connectivity index is 1.23. The molecule has 1 aromatic heterocycles. The number of aromatic amines is 1. The van der Waals surface area contributed by atoms with Crippen LogP contribution < -0.4 is 10.1 Å². The lowest BCUT2D eigenvalue weighted by Gasteiger charge is -2.11. The number of nitrogens with zero attached hydrogens (tertiary/aromatic N) is 2. The molecular weight excluding hydrogens is 474 g/mol. The zero-order valence-electron chi connectivity index (χ0n) is 20.5. The fourth-order valence-electron chi connectivity index (χ4n) is 5.42. The minimum absolute atomic E-state index is 0.0528. The van der Waals surface area contributed by atoms with Crippen LogP contribution in [0.4, 0.5) is 14.5 Å². The Morgan fingerprint density at radius 3 is 2.68 bits per heavy atom. The monoisotopic (exact) mass is 500 g/mol. The molecule has 0 unspecified atom stereocenters. The fraction of sp³-hybridized carbons (Fsp3) is 0.241. The number of benzene rings is 3. The van der Waals surface area contributed by atoms with Crippen LogP contribution in [0.25, 0.3) is 23.1 Å². The lowest BCUT2D eigenvalue weighted by atomic mass is 9.91. The van der Waals surface area contributed by atoms with E-state index in [4.69, 9.17) is 0 Å². The van der Waals surface area contributed by atoms with Crippen molar-refractivity contribution in [3.05, 3.63) is 88.6 Å². The Kier molecular flexibility index (Phi) is 5.56. The van der Waals surface area contributed by atoms with Crippen LogP contribution in [0.3, 0.4) is 0 Å². The summed E-state index contributed by atoms with van der Waals surface area (Å²) in [6.45, 7) is -2.02. The number of H-pyrrole nitrogens is 1. The molecule has 1 fully saturated rings. The molecule has 8 heteroatoms. The summed E-state index contributed by atoms with van der Waals surface area (Å²) in [6, 6.07) is 19.1. The average molecular weight is 501 g/mol. The van der Waals surface area contributed by atoms with Gasteiger partial charge in [0.05, 0.1) is 16.6 Å². The number of carbonyl (C=O) groups excluding carboxylic acids is 1. The Labute approximate surface area is 212 Å². The van der Waals surface area contributed by atoms with E-state index in [2.05, 4.69) is 49.4 Å². The lowest BCUT2D eigenvalue weighted by molar-refractivity contribution is -0.118. The van der Waals surface area contributed by atoms with Gasteiger partial charge in [-0.3, -0.25) is 9.89 Å². The molecule has 3 aromatic carbocycles. The van der Waals surface area contributed by atoms with Crippen molar-refractivity contribution in [2.24, 2.45) is 0 Å². The van der Waals surface area contributed by atoms with Gasteiger partial charge in [-0.25, -0.2) is 0 Å². The molecule has 1 aliphatic carbocycles. The van der Waals surface area contributed by atoms with Gasteiger partial charge in [-0.2, -0.15) is 13.9 Å². The largest absolute Gasteiger partial charge is 0.435 e. The highest BCUT2D eigenvalue weighted by atomic mass is 19.3. The molecule has 2 atom stereocenters. The number of hydrogen-bond acceptors (Lipinski definition) is 4. The molecule has 1 saturated carbocycles. The molecule has 4 aromatic rings. The van der Waals surface area contributed by atoms with Crippen molar-refractivity contribution in [3.63, 3.8) is 0 Å². The molecule has 1 aliphatic heterocycles. The molecule has 0 bridgehead atoms. The van der Waals surface area contributed by atoms with E-state index in [-0.39, 0.29) is 17.6 Å². The van der Waals surface area contributed by atoms with Crippen molar-refractivity contribution in [2.45, 2.75) is 30.9 Å². The van der Waals surface area contributed by atoms with E-state index in [1.807, 2.05) is 44.4 Å². The van der Waals surface area contributed by atoms with Crippen LogP contribution in [0, 0.1) is 0 Å². The normalized spacial score (nSPS) is 20.4. The third kappa shape index (κ3) is 4.17. The van der Waals surface area contributed by atoms with Crippen molar-refractivity contribution in [2.75, 3.05) is 19.4 Å². The van der Waals surface area contributed by atoms with E-state index >= 15 is 0 Å². The lowest BCUT2D eigenvalue weighted by Crippen LogP contribution is -2.21. The van der Waals surface area contributed by atoms with Gasteiger partial charge in [0.2, 0.25) is 5.91 Å². The van der Waals surface area contributed by atoms with E-state index in [0.717, 1.165) is 34.3 Å². The number of halogens is 2. The number of alkyl halides is 2. The Morgan fingerprint density at radius 1 is 1.11 bits per heavy atom. The van der Waals surface area contributed by atoms with Gasteiger partial charge in [-0.15, -0.1) is 0 Å². The third-order valence-electron chi connectivity index (χ3n) is 7.24. The smallest absolute Gasteiger partial charge is 0.387 e. The second-order valence-corrected chi connectivity index (χ2v) is 9.99. The summed E-state index contributed by atoms with van der Waals surface area (Å²) in [5, 5.41) is 11.5. The highest BCUT2D eigenvalue weighted by Gasteiger charge is 2.65. The van der Waals surface area contributed by atoms with Gasteiger partial charge in [0, 0.05) is 23.5 Å². The maximum Gasteiger partial charge on any atom is 0.387 e. The number of carbonyl (C=O) groups is 1. The van der Waals surface area contributed by atoms with Gasteiger partial charge in [-0.05, 0) is 73.1 Å². The third-order valence-corrected chi connectivity index (χ3v) is 7.24. The number of hydrogen-bond donors (Lipinski definition) is 2. The van der Waals surface area contributed by atoms with Gasteiger partial charge >= 0.3 is 6.61 Å². The van der Waals surface area contributed by atoms with Crippen LogP contribution in [0.1, 0.15) is 40.3 Å². The topological polar surface area (TPSA) is 70.2 Å². The molecule has 2 aliphatic rings. The number of fused-ring (bicyclic) bond motifs is 3. The van der Waals surface area contributed by atoms with Gasteiger partial charge < -0.3 is 15.0 Å². The van der Waals surface area contributed by atoms with Gasteiger partial charge in [-0.1, -0.05) is 42.5 Å². The van der Waals surface area contributed by atoms with Crippen molar-refractivity contribution in [1.82, 2.24) is 15.1 Å². The van der Waals surface area contributed by atoms with Crippen LogP contribution in [0.15, 0.2) is 60.7 Å². The highest BCUT2D eigenvalue weighted by Crippen LogP contribution is 2.65. The molecule has 6 nitrogen and oxygen atoms in total. The van der Waals surface area contributed by atoms with Crippen molar-refractivity contribution in [3.8, 4) is 5.75 Å². The van der Waals surface area contributed by atoms with Crippen LogP contribution in [0.2, 0.25) is 0 Å². The summed E-state index contributed by atoms with van der Waals surface area (Å²) in [7, 11) is 4.10. The maximum atomic E-state index is 13.0. The van der Waals surface area contributed by atoms with Crippen molar-refractivity contribution in [1.29, 1.82) is 0 Å². The molecule has 0 radical (unpaired) electrons. The minimum Gasteiger partial charge on any atom is -0.435 e. The zero-order chi connectivity index (χ0) is 25.7. The van der Waals surface area contributed by atoms with Gasteiger partial charge in [0.1, 0.15) is 5.75 Å². The van der Waals surface area contributed by atoms with E-state index in [0.29, 0.717) is 17.7 Å². The van der Waals surface area contributed by atoms with Crippen molar-refractivity contribution >= 4 is 34.6 Å². The predicted octanol–water partition coefficient (Wildman–Crippen LogP) is 5.77. The maximum absolute atomic E-state index is 13.0. The fourth-order valence-corrected chi connectivity index (χ4v) is 5.42. The number of amides is 1. The highest BCUT2D eigenvalue weighted by molar-refractivity contribution is 6.10. The number of ether oxygens (including phenoxy) is 1. The Bertz CT molecular complexity index is 1530. The summed E-state index contributed by atoms with van der Waals surface area (Å²) in [5.74, 6) is -0.0994. The predicted molar refractivity (Wildman–Crippen MR) is 140 cm³/mol. The molecule has 188 valence electrons. The Hall–Kier alpha value is -4.04. The Morgan fingerprint density at radius 2 is 1.92 bits per heavy atom. The summed E-state index contributed by atoms with van der Waals surface area (Å²) in [4.78, 5) is 15.1. The molecule has 2 heterocycles. The van der Waals surface area contributed by atoms with E-state index in [9.17, 15) is 13.6 Å². The quantitative estimate of drug-likeness (QED) is 0.338. The van der Waals surface area contributed by atoms with Crippen molar-refractivity contribution < 1.29 is 18.3 Å². The first-order valence-electron chi connectivity index (χ1n) is 12.1. The summed E-state index contributed by atoms with van der Waals surface area (Å²) >= 11 is 0. The first kappa shape index (κ1) is 23.4. The molecule has 6 rings (SSSR count). The van der Waals surface area contributed by atoms with E-state index < -0.39 is 12.0 Å². The van der Waals surface area contributed by atoms with E-state index in [1.54, 1.807) is 12.1 Å². The van der Waals surface area contributed by atoms with Crippen LogP contribution in [-0.2, 0) is 16.8 Å². The second kappa shape index (κ2) is 8.81. The molecule has 1 amide bonds.